The molecule has 0 radical (unpaired) electrons. The normalized spacial score (nSPS) is 46.8. The molecule has 7 rings (SSSR count). The number of methoxy groups -OCH3 is 6. The van der Waals surface area contributed by atoms with Gasteiger partial charge in [0.05, 0.1) is 56.4 Å². The number of rotatable bonds is 12. The van der Waals surface area contributed by atoms with Crippen LogP contribution in [0.2, 0.25) is 0 Å². The zero-order valence-electron chi connectivity index (χ0n) is 29.5. The largest absolute Gasteiger partial charge is 0.493 e. The van der Waals surface area contributed by atoms with Crippen molar-refractivity contribution in [2.45, 2.75) is 80.9 Å². The molecule has 1 aromatic carbocycles. The molecule has 14 atom stereocenters. The molecule has 1 heterocycles. The first-order chi connectivity index (χ1) is 23.1. The zero-order chi connectivity index (χ0) is 34.4. The molecule has 12 nitrogen and oxygen atoms in total. The van der Waals surface area contributed by atoms with E-state index in [1.165, 1.54) is 14.2 Å². The third kappa shape index (κ3) is 4.03. The highest BCUT2D eigenvalue weighted by Gasteiger charge is 2.90. The Hall–Kier alpha value is -2.03. The first kappa shape index (κ1) is 34.4. The lowest BCUT2D eigenvalue weighted by molar-refractivity contribution is -0.304. The van der Waals surface area contributed by atoms with E-state index in [0.717, 1.165) is 6.54 Å². The van der Waals surface area contributed by atoms with Crippen molar-refractivity contribution in [2.75, 3.05) is 69.0 Å². The van der Waals surface area contributed by atoms with Crippen molar-refractivity contribution in [3.63, 3.8) is 0 Å². The van der Waals surface area contributed by atoms with Gasteiger partial charge in [0, 0.05) is 89.1 Å². The Morgan fingerprint density at radius 3 is 2.29 bits per heavy atom. The van der Waals surface area contributed by atoms with Gasteiger partial charge in [-0.15, -0.1) is 0 Å². The van der Waals surface area contributed by atoms with E-state index in [1.54, 1.807) is 46.6 Å². The van der Waals surface area contributed by atoms with Crippen LogP contribution in [0, 0.1) is 34.5 Å². The molecule has 1 spiro atoms. The van der Waals surface area contributed by atoms with Gasteiger partial charge in [0.25, 0.3) is 0 Å². The fourth-order valence-electron chi connectivity index (χ4n) is 12.7. The van der Waals surface area contributed by atoms with Crippen LogP contribution in [0.4, 0.5) is 0 Å². The van der Waals surface area contributed by atoms with E-state index >= 15 is 0 Å². The second-order valence-corrected chi connectivity index (χ2v) is 14.9. The minimum absolute atomic E-state index is 0.0344. The summed E-state index contributed by atoms with van der Waals surface area (Å²) in [5.74, 6) is -0.656. The summed E-state index contributed by atoms with van der Waals surface area (Å²) in [5.41, 5.74) is -3.31. The topological polar surface area (TPSA) is 135 Å². The summed E-state index contributed by atoms with van der Waals surface area (Å²) in [6, 6.07) is 4.87. The van der Waals surface area contributed by atoms with Crippen LogP contribution in [0.25, 0.3) is 0 Å². The number of hydrogen-bond donors (Lipinski definition) is 2. The van der Waals surface area contributed by atoms with Gasteiger partial charge < -0.3 is 48.1 Å². The van der Waals surface area contributed by atoms with E-state index in [-0.39, 0.29) is 41.6 Å². The molecule has 5 saturated carbocycles. The summed E-state index contributed by atoms with van der Waals surface area (Å²) in [4.78, 5) is 16.6. The van der Waals surface area contributed by atoms with E-state index < -0.39 is 52.2 Å². The number of carbonyl (C=O) groups excluding carboxylic acids is 1. The maximum atomic E-state index is 14.1. The maximum Gasteiger partial charge on any atom is 0.338 e. The van der Waals surface area contributed by atoms with Gasteiger partial charge in [0.1, 0.15) is 11.7 Å². The number of aliphatic hydroxyl groups excluding tert-OH is 1. The van der Waals surface area contributed by atoms with E-state index in [0.29, 0.717) is 50.5 Å². The number of likely N-dealkylation sites (tertiary alicyclic amines) is 1. The molecule has 48 heavy (non-hydrogen) atoms. The van der Waals surface area contributed by atoms with Gasteiger partial charge in [-0.25, -0.2) is 4.79 Å². The summed E-state index contributed by atoms with van der Waals surface area (Å²) in [6.07, 6.45) is -1.81. The molecule has 0 aromatic heterocycles. The number of esters is 1. The second-order valence-electron chi connectivity index (χ2n) is 14.9. The van der Waals surface area contributed by atoms with E-state index in [2.05, 4.69) is 11.8 Å². The van der Waals surface area contributed by atoms with Crippen LogP contribution in [-0.2, 0) is 28.4 Å². The van der Waals surface area contributed by atoms with Crippen molar-refractivity contribution in [3.05, 3.63) is 23.8 Å². The van der Waals surface area contributed by atoms with Gasteiger partial charge in [0.15, 0.2) is 11.5 Å². The van der Waals surface area contributed by atoms with Crippen LogP contribution >= 0.6 is 0 Å². The molecule has 268 valence electrons. The lowest BCUT2D eigenvalue weighted by Crippen LogP contribution is -2.79. The predicted molar refractivity (Wildman–Crippen MR) is 172 cm³/mol. The molecule has 2 unspecified atom stereocenters. The number of aliphatic hydroxyl groups is 2. The highest BCUT2D eigenvalue weighted by molar-refractivity contribution is 5.90. The first-order valence-corrected chi connectivity index (χ1v) is 17.4. The molecule has 0 amide bonds. The van der Waals surface area contributed by atoms with Gasteiger partial charge in [-0.05, 0) is 44.0 Å². The predicted octanol–water partition coefficient (Wildman–Crippen LogP) is 2.17. The first-order valence-electron chi connectivity index (χ1n) is 17.4. The second kappa shape index (κ2) is 12.0. The SMILES string of the molecule is CCO[C@]12C[C@H](OC)[C@@]3(O)C[C@H]([C@@H]1[C@H]3OC(=O)c1ccc(OC)c(OC)c1)C13C(OC)C[C@@H](O)[C@@]4(COC)CN(CC)[C@H]1[C@H]2[C@H](OC)[C@@H]34. The molecule has 1 saturated heterocycles. The fourth-order valence-corrected chi connectivity index (χ4v) is 12.7. The molecule has 6 aliphatic rings. The molecule has 12 heteroatoms. The monoisotopic (exact) mass is 675 g/mol. The Kier molecular flexibility index (Phi) is 8.64. The molecule has 7 bridgehead atoms. The summed E-state index contributed by atoms with van der Waals surface area (Å²) in [7, 11) is 9.84. The third-order valence-electron chi connectivity index (χ3n) is 13.8. The van der Waals surface area contributed by atoms with Crippen LogP contribution in [-0.4, -0.2) is 138 Å². The number of nitrogens with zero attached hydrogens (tertiary/aromatic N) is 1. The van der Waals surface area contributed by atoms with Crippen LogP contribution in [0.5, 0.6) is 11.5 Å². The number of hydrogen-bond acceptors (Lipinski definition) is 12. The van der Waals surface area contributed by atoms with Crippen LogP contribution in [0.1, 0.15) is 43.5 Å². The molecule has 6 fully saturated rings. The van der Waals surface area contributed by atoms with Gasteiger partial charge in [-0.3, -0.25) is 4.90 Å². The number of fused-ring (bicyclic) bond motifs is 2. The van der Waals surface area contributed by atoms with Crippen LogP contribution in [0.3, 0.4) is 0 Å². The van der Waals surface area contributed by atoms with E-state index in [9.17, 15) is 15.0 Å². The van der Waals surface area contributed by atoms with Gasteiger partial charge in [-0.1, -0.05) is 6.92 Å². The highest BCUT2D eigenvalue weighted by atomic mass is 16.6. The summed E-state index contributed by atoms with van der Waals surface area (Å²) < 4.78 is 49.7. The van der Waals surface area contributed by atoms with Crippen molar-refractivity contribution >= 4 is 5.97 Å². The van der Waals surface area contributed by atoms with E-state index in [1.807, 2.05) is 6.92 Å². The number of piperidine rings is 1. The third-order valence-corrected chi connectivity index (χ3v) is 13.8. The fraction of sp³-hybridized carbons (Fsp3) is 0.806. The summed E-state index contributed by atoms with van der Waals surface area (Å²) in [6.45, 7) is 6.32. The van der Waals surface area contributed by atoms with Crippen molar-refractivity contribution in [2.24, 2.45) is 34.5 Å². The highest BCUT2D eigenvalue weighted by Crippen LogP contribution is 2.80. The van der Waals surface area contributed by atoms with Crippen molar-refractivity contribution in [3.8, 4) is 11.5 Å². The standard InChI is InChI=1S/C36H53NO11/c1-9-37-17-33(18-41-3)23(38)14-24(44-6)36-20-15-34(40)25(45-7)16-35(47-10-2,27(30(36)37)28(46-8)29(33)36)26(20)31(34)48-32(39)19-11-12-21(42-4)22(13-19)43-5/h11-13,20,23-31,38,40H,9-10,14-18H2,1-8H3/t20-,23-,24?,25+,26-,27-,28+,29-,30+,31-,33+,34+,35-,36?/m1/s1. The summed E-state index contributed by atoms with van der Waals surface area (Å²) >= 11 is 0. The maximum absolute atomic E-state index is 14.1. The lowest BCUT2D eigenvalue weighted by Gasteiger charge is -2.70. The summed E-state index contributed by atoms with van der Waals surface area (Å²) in [5, 5.41) is 25.0. The van der Waals surface area contributed by atoms with Gasteiger partial charge in [0.2, 0.25) is 0 Å². The van der Waals surface area contributed by atoms with Crippen LogP contribution in [0.15, 0.2) is 18.2 Å². The van der Waals surface area contributed by atoms with Crippen molar-refractivity contribution in [1.82, 2.24) is 4.90 Å². The average Bonchev–Trinajstić information content (AvgIpc) is 3.46. The molecule has 5 aliphatic carbocycles. The molecule has 2 N–H and O–H groups in total. The number of benzene rings is 1. The van der Waals surface area contributed by atoms with Gasteiger partial charge >= 0.3 is 5.97 Å². The minimum Gasteiger partial charge on any atom is -0.493 e. The van der Waals surface area contributed by atoms with Crippen LogP contribution < -0.4 is 9.47 Å². The van der Waals surface area contributed by atoms with Crippen molar-refractivity contribution < 1.29 is 52.9 Å². The number of ether oxygens (including phenoxy) is 8. The minimum atomic E-state index is -1.50. The quantitative estimate of drug-likeness (QED) is 0.315. The molecule has 1 aromatic rings. The smallest absolute Gasteiger partial charge is 0.338 e. The Bertz CT molecular complexity index is 1400. The van der Waals surface area contributed by atoms with Crippen molar-refractivity contribution in [1.29, 1.82) is 0 Å². The molecular formula is C36H53NO11. The Labute approximate surface area is 283 Å². The van der Waals surface area contributed by atoms with Gasteiger partial charge in [-0.2, -0.15) is 0 Å². The Morgan fingerprint density at radius 2 is 1.69 bits per heavy atom. The number of carbonyl (C=O) groups is 1. The molecule has 1 aliphatic heterocycles. The Balaban J connectivity index is 1.44. The Morgan fingerprint density at radius 1 is 0.958 bits per heavy atom. The molecular weight excluding hydrogens is 622 g/mol. The van der Waals surface area contributed by atoms with E-state index in [4.69, 9.17) is 37.9 Å². The zero-order valence-corrected chi connectivity index (χ0v) is 29.5. The average molecular weight is 676 g/mol. The lowest BCUT2D eigenvalue weighted by atomic mass is 9.42.